The number of benzene rings is 2. The molecule has 0 fully saturated rings. The van der Waals surface area contributed by atoms with Crippen LogP contribution in [-0.2, 0) is 5.75 Å². The summed E-state index contributed by atoms with van der Waals surface area (Å²) >= 11 is 9.06. The molecule has 0 bridgehead atoms. The summed E-state index contributed by atoms with van der Waals surface area (Å²) in [6.45, 7) is 2.07. The summed E-state index contributed by atoms with van der Waals surface area (Å²) in [5.74, 6) is 0.681. The molecule has 4 rings (SSSR count). The molecule has 0 saturated carbocycles. The van der Waals surface area contributed by atoms with Crippen LogP contribution < -0.4 is 5.32 Å². The van der Waals surface area contributed by atoms with E-state index in [1.807, 2.05) is 41.8 Å². The Kier molecular flexibility index (Phi) is 5.38. The molecule has 0 amide bonds. The highest BCUT2D eigenvalue weighted by molar-refractivity contribution is 7.98. The Morgan fingerprint density at radius 3 is 2.67 bits per heavy atom. The van der Waals surface area contributed by atoms with E-state index < -0.39 is 0 Å². The summed E-state index contributed by atoms with van der Waals surface area (Å²) in [4.78, 5) is 4.63. The summed E-state index contributed by atoms with van der Waals surface area (Å²) in [5.41, 5.74) is 4.10. The number of aryl methyl sites for hydroxylation is 1. The third kappa shape index (κ3) is 4.47. The number of tetrazole rings is 1. The lowest BCUT2D eigenvalue weighted by Crippen LogP contribution is -1.99. The van der Waals surface area contributed by atoms with Crippen LogP contribution in [0.3, 0.4) is 0 Å². The normalized spacial score (nSPS) is 10.9. The largest absolute Gasteiger partial charge is 0.332 e. The smallest absolute Gasteiger partial charge is 0.214 e. The molecule has 2 heterocycles. The van der Waals surface area contributed by atoms with Crippen molar-refractivity contribution in [2.75, 3.05) is 5.32 Å². The first-order valence-corrected chi connectivity index (χ1v) is 10.4. The molecule has 0 spiro atoms. The zero-order valence-corrected chi connectivity index (χ0v) is 16.7. The fourth-order valence-electron chi connectivity index (χ4n) is 2.34. The van der Waals surface area contributed by atoms with E-state index in [2.05, 4.69) is 44.9 Å². The van der Waals surface area contributed by atoms with Crippen molar-refractivity contribution in [3.05, 3.63) is 70.2 Å². The van der Waals surface area contributed by atoms with Crippen molar-refractivity contribution in [2.45, 2.75) is 17.8 Å². The van der Waals surface area contributed by atoms with Crippen molar-refractivity contribution in [1.82, 2.24) is 25.2 Å². The minimum absolute atomic E-state index is 0.678. The molecule has 0 atom stereocenters. The first-order valence-electron chi connectivity index (χ1n) is 8.12. The van der Waals surface area contributed by atoms with Crippen LogP contribution in [0.25, 0.3) is 5.69 Å². The highest BCUT2D eigenvalue weighted by atomic mass is 35.5. The number of hydrogen-bond donors (Lipinski definition) is 1. The van der Waals surface area contributed by atoms with Crippen molar-refractivity contribution in [3.63, 3.8) is 0 Å². The van der Waals surface area contributed by atoms with Crippen molar-refractivity contribution < 1.29 is 0 Å². The maximum atomic E-state index is 5.94. The minimum Gasteiger partial charge on any atom is -0.332 e. The lowest BCUT2D eigenvalue weighted by molar-refractivity contribution is 0.756. The van der Waals surface area contributed by atoms with Gasteiger partial charge in [0.05, 0.1) is 11.4 Å². The number of aromatic nitrogens is 5. The zero-order valence-electron chi connectivity index (χ0n) is 14.3. The van der Waals surface area contributed by atoms with Gasteiger partial charge in [-0.05, 0) is 53.7 Å². The van der Waals surface area contributed by atoms with E-state index in [1.54, 1.807) is 16.0 Å². The van der Waals surface area contributed by atoms with Crippen LogP contribution in [0.2, 0.25) is 5.02 Å². The molecule has 27 heavy (non-hydrogen) atoms. The summed E-state index contributed by atoms with van der Waals surface area (Å²) in [6.07, 6.45) is 0. The summed E-state index contributed by atoms with van der Waals surface area (Å²) in [5, 5.41) is 19.6. The lowest BCUT2D eigenvalue weighted by Gasteiger charge is -2.04. The number of thiazole rings is 1. The molecule has 2 aromatic heterocycles. The third-order valence-corrected chi connectivity index (χ3v) is 5.73. The molecule has 4 aromatic rings. The van der Waals surface area contributed by atoms with Crippen LogP contribution in [0.15, 0.2) is 59.1 Å². The maximum absolute atomic E-state index is 5.94. The SMILES string of the molecule is Cc1ccc(Nc2nc(CSc3nnnn3-c3ccc(Cl)cc3)cs2)cc1. The van der Waals surface area contributed by atoms with Gasteiger partial charge in [-0.3, -0.25) is 0 Å². The van der Waals surface area contributed by atoms with Crippen molar-refractivity contribution >= 4 is 45.5 Å². The second-order valence-electron chi connectivity index (χ2n) is 5.77. The van der Waals surface area contributed by atoms with Gasteiger partial charge in [0.25, 0.3) is 0 Å². The van der Waals surface area contributed by atoms with Gasteiger partial charge in [0.1, 0.15) is 0 Å². The van der Waals surface area contributed by atoms with Gasteiger partial charge in [0, 0.05) is 21.8 Å². The number of anilines is 2. The molecular weight excluding hydrogens is 400 g/mol. The lowest BCUT2D eigenvalue weighted by atomic mass is 10.2. The molecule has 0 aliphatic rings. The molecular formula is C18H15ClN6S2. The first kappa shape index (κ1) is 18.0. The molecule has 0 aliphatic heterocycles. The average molecular weight is 415 g/mol. The van der Waals surface area contributed by atoms with Crippen LogP contribution in [0.4, 0.5) is 10.8 Å². The standard InChI is InChI=1S/C18H15ClN6S2/c1-12-2-6-14(7-3-12)20-17-21-15(10-26-17)11-27-18-22-23-24-25(18)16-8-4-13(19)5-9-16/h2-10H,11H2,1H3,(H,20,21). The van der Waals surface area contributed by atoms with Gasteiger partial charge in [-0.25, -0.2) is 4.98 Å². The predicted molar refractivity (Wildman–Crippen MR) is 110 cm³/mol. The van der Waals surface area contributed by atoms with Gasteiger partial charge >= 0.3 is 0 Å². The number of thioether (sulfide) groups is 1. The molecule has 0 unspecified atom stereocenters. The quantitative estimate of drug-likeness (QED) is 0.442. The molecule has 136 valence electrons. The van der Waals surface area contributed by atoms with Crippen LogP contribution in [0, 0.1) is 6.92 Å². The number of nitrogens with one attached hydrogen (secondary N) is 1. The Bertz CT molecular complexity index is 1030. The van der Waals surface area contributed by atoms with Gasteiger partial charge in [0.2, 0.25) is 5.16 Å². The molecule has 2 aromatic carbocycles. The predicted octanol–water partition coefficient (Wildman–Crippen LogP) is 5.12. The Hall–Kier alpha value is -2.42. The molecule has 9 heteroatoms. The highest BCUT2D eigenvalue weighted by Gasteiger charge is 2.11. The fraction of sp³-hybridized carbons (Fsp3) is 0.111. The topological polar surface area (TPSA) is 68.5 Å². The number of hydrogen-bond acceptors (Lipinski definition) is 7. The van der Waals surface area contributed by atoms with E-state index >= 15 is 0 Å². The minimum atomic E-state index is 0.678. The Balaban J connectivity index is 1.41. The van der Waals surface area contributed by atoms with E-state index in [1.165, 1.54) is 17.3 Å². The zero-order chi connectivity index (χ0) is 18.6. The molecule has 0 radical (unpaired) electrons. The Labute approximate surface area is 169 Å². The number of halogens is 1. The summed E-state index contributed by atoms with van der Waals surface area (Å²) < 4.78 is 1.69. The summed E-state index contributed by atoms with van der Waals surface area (Å²) in [6, 6.07) is 15.6. The van der Waals surface area contributed by atoms with Crippen LogP contribution >= 0.6 is 34.7 Å². The number of rotatable bonds is 6. The average Bonchev–Trinajstić information content (AvgIpc) is 3.32. The first-order chi connectivity index (χ1) is 13.2. The second kappa shape index (κ2) is 8.08. The van der Waals surface area contributed by atoms with E-state index in [0.717, 1.165) is 22.2 Å². The van der Waals surface area contributed by atoms with Gasteiger partial charge in [-0.15, -0.1) is 16.4 Å². The fourth-order valence-corrected chi connectivity index (χ4v) is 4.09. The van der Waals surface area contributed by atoms with E-state index in [4.69, 9.17) is 11.6 Å². The summed E-state index contributed by atoms with van der Waals surface area (Å²) in [7, 11) is 0. The second-order valence-corrected chi connectivity index (χ2v) is 8.01. The van der Waals surface area contributed by atoms with Gasteiger partial charge in [-0.2, -0.15) is 4.68 Å². The molecule has 0 aliphatic carbocycles. The van der Waals surface area contributed by atoms with E-state index in [-0.39, 0.29) is 0 Å². The van der Waals surface area contributed by atoms with E-state index in [0.29, 0.717) is 15.9 Å². The molecule has 0 saturated heterocycles. The molecule has 1 N–H and O–H groups in total. The number of nitrogens with zero attached hydrogens (tertiary/aromatic N) is 5. The maximum Gasteiger partial charge on any atom is 0.214 e. The Morgan fingerprint density at radius 2 is 1.89 bits per heavy atom. The van der Waals surface area contributed by atoms with Crippen LogP contribution in [0.1, 0.15) is 11.3 Å². The molecule has 6 nitrogen and oxygen atoms in total. The van der Waals surface area contributed by atoms with Crippen molar-refractivity contribution in [3.8, 4) is 5.69 Å². The van der Waals surface area contributed by atoms with Gasteiger partial charge in [0.15, 0.2) is 5.13 Å². The third-order valence-electron chi connectivity index (χ3n) is 3.72. The monoisotopic (exact) mass is 414 g/mol. The van der Waals surface area contributed by atoms with Gasteiger partial charge < -0.3 is 5.32 Å². The Morgan fingerprint density at radius 1 is 1.11 bits per heavy atom. The van der Waals surface area contributed by atoms with Crippen LogP contribution in [0.5, 0.6) is 0 Å². The van der Waals surface area contributed by atoms with Crippen molar-refractivity contribution in [1.29, 1.82) is 0 Å². The van der Waals surface area contributed by atoms with Gasteiger partial charge in [-0.1, -0.05) is 41.1 Å². The highest BCUT2D eigenvalue weighted by Crippen LogP contribution is 2.26. The van der Waals surface area contributed by atoms with E-state index in [9.17, 15) is 0 Å². The van der Waals surface area contributed by atoms with Crippen molar-refractivity contribution in [2.24, 2.45) is 0 Å². The van der Waals surface area contributed by atoms with Crippen LogP contribution in [-0.4, -0.2) is 25.2 Å².